The number of rotatable bonds is 5. The van der Waals surface area contributed by atoms with Crippen molar-refractivity contribution >= 4 is 17.0 Å². The third-order valence-electron chi connectivity index (χ3n) is 2.99. The molecule has 1 N–H and O–H groups in total. The predicted molar refractivity (Wildman–Crippen MR) is 78.9 cm³/mol. The van der Waals surface area contributed by atoms with E-state index in [1.807, 2.05) is 6.07 Å². The van der Waals surface area contributed by atoms with Crippen molar-refractivity contribution in [3.8, 4) is 5.75 Å². The van der Waals surface area contributed by atoms with E-state index in [0.717, 1.165) is 5.69 Å². The van der Waals surface area contributed by atoms with Gasteiger partial charge in [0.05, 0.1) is 0 Å². The number of ether oxygens (including phenoxy) is 1. The third-order valence-corrected chi connectivity index (χ3v) is 3.97. The van der Waals surface area contributed by atoms with Gasteiger partial charge in [0, 0.05) is 27.5 Å². The van der Waals surface area contributed by atoms with Crippen molar-refractivity contribution in [2.75, 3.05) is 5.32 Å². The van der Waals surface area contributed by atoms with Crippen LogP contribution in [0.25, 0.3) is 0 Å². The first kappa shape index (κ1) is 14.8. The van der Waals surface area contributed by atoms with Gasteiger partial charge in [0.2, 0.25) is 0 Å². The SMILES string of the molecule is Cc1cc(C(C)Nc2cccc(OC(F)F)c2)c(C)s1. The van der Waals surface area contributed by atoms with Crippen molar-refractivity contribution in [2.45, 2.75) is 33.4 Å². The molecule has 0 fully saturated rings. The summed E-state index contributed by atoms with van der Waals surface area (Å²) in [6.07, 6.45) is 0. The van der Waals surface area contributed by atoms with Crippen LogP contribution in [0.3, 0.4) is 0 Å². The van der Waals surface area contributed by atoms with Gasteiger partial charge in [-0.25, -0.2) is 0 Å². The molecule has 0 saturated carbocycles. The maximum atomic E-state index is 12.2. The fraction of sp³-hybridized carbons (Fsp3) is 0.333. The molecule has 2 aromatic rings. The van der Waals surface area contributed by atoms with Gasteiger partial charge >= 0.3 is 6.61 Å². The van der Waals surface area contributed by atoms with Gasteiger partial charge in [-0.2, -0.15) is 8.78 Å². The number of thiophene rings is 1. The molecule has 2 nitrogen and oxygen atoms in total. The average Bonchev–Trinajstić information content (AvgIpc) is 2.68. The Labute approximate surface area is 121 Å². The van der Waals surface area contributed by atoms with Crippen LogP contribution in [-0.2, 0) is 0 Å². The Morgan fingerprint density at radius 1 is 1.20 bits per heavy atom. The average molecular weight is 297 g/mol. The van der Waals surface area contributed by atoms with Crippen molar-refractivity contribution < 1.29 is 13.5 Å². The number of hydrogen-bond acceptors (Lipinski definition) is 3. The first-order valence-corrected chi connectivity index (χ1v) is 7.15. The Morgan fingerprint density at radius 2 is 1.95 bits per heavy atom. The highest BCUT2D eigenvalue weighted by Gasteiger charge is 2.12. The Bertz CT molecular complexity index is 583. The van der Waals surface area contributed by atoms with Crippen molar-refractivity contribution in [1.82, 2.24) is 0 Å². The number of benzene rings is 1. The van der Waals surface area contributed by atoms with E-state index in [0.29, 0.717) is 0 Å². The summed E-state index contributed by atoms with van der Waals surface area (Å²) in [6, 6.07) is 8.89. The summed E-state index contributed by atoms with van der Waals surface area (Å²) in [5.41, 5.74) is 1.99. The number of alkyl halides is 2. The number of halogens is 2. The van der Waals surface area contributed by atoms with Crippen LogP contribution in [0.5, 0.6) is 5.75 Å². The van der Waals surface area contributed by atoms with Crippen molar-refractivity contribution in [2.24, 2.45) is 0 Å². The fourth-order valence-corrected chi connectivity index (χ4v) is 3.19. The molecular weight excluding hydrogens is 280 g/mol. The van der Waals surface area contributed by atoms with E-state index in [2.05, 4.69) is 36.9 Å². The topological polar surface area (TPSA) is 21.3 Å². The smallest absolute Gasteiger partial charge is 0.387 e. The summed E-state index contributed by atoms with van der Waals surface area (Å²) in [7, 11) is 0. The van der Waals surface area contributed by atoms with Crippen LogP contribution in [0.4, 0.5) is 14.5 Å². The molecule has 1 aromatic heterocycles. The highest BCUT2D eigenvalue weighted by molar-refractivity contribution is 7.12. The molecule has 0 aliphatic heterocycles. The van der Waals surface area contributed by atoms with E-state index in [1.165, 1.54) is 21.4 Å². The minimum Gasteiger partial charge on any atom is -0.435 e. The van der Waals surface area contributed by atoms with Gasteiger partial charge in [-0.3, -0.25) is 0 Å². The number of anilines is 1. The number of nitrogens with one attached hydrogen (secondary N) is 1. The lowest BCUT2D eigenvalue weighted by atomic mass is 10.1. The molecule has 2 rings (SSSR count). The standard InChI is InChI=1S/C15H17F2NOS/c1-9-7-14(11(3)20-9)10(2)18-12-5-4-6-13(8-12)19-15(16)17/h4-8,10,15,18H,1-3H3. The molecule has 108 valence electrons. The molecule has 5 heteroatoms. The largest absolute Gasteiger partial charge is 0.435 e. The summed E-state index contributed by atoms with van der Waals surface area (Å²) < 4.78 is 28.8. The monoisotopic (exact) mass is 297 g/mol. The zero-order chi connectivity index (χ0) is 14.7. The summed E-state index contributed by atoms with van der Waals surface area (Å²) in [6.45, 7) is 3.41. The van der Waals surface area contributed by atoms with Crippen LogP contribution in [0.15, 0.2) is 30.3 Å². The molecule has 0 radical (unpaired) electrons. The minimum absolute atomic E-state index is 0.113. The first-order chi connectivity index (χ1) is 9.45. The van der Waals surface area contributed by atoms with E-state index in [1.54, 1.807) is 23.5 Å². The van der Waals surface area contributed by atoms with E-state index >= 15 is 0 Å². The summed E-state index contributed by atoms with van der Waals surface area (Å²) in [5, 5.41) is 3.31. The van der Waals surface area contributed by atoms with Gasteiger partial charge in [-0.15, -0.1) is 11.3 Å². The second kappa shape index (κ2) is 6.22. The van der Waals surface area contributed by atoms with Crippen LogP contribution < -0.4 is 10.1 Å². The zero-order valence-electron chi connectivity index (χ0n) is 11.6. The van der Waals surface area contributed by atoms with E-state index in [9.17, 15) is 8.78 Å². The van der Waals surface area contributed by atoms with Crippen molar-refractivity contribution in [1.29, 1.82) is 0 Å². The van der Waals surface area contributed by atoms with Gasteiger partial charge in [-0.05, 0) is 44.5 Å². The lowest BCUT2D eigenvalue weighted by Crippen LogP contribution is -2.07. The maximum absolute atomic E-state index is 12.2. The van der Waals surface area contributed by atoms with E-state index < -0.39 is 6.61 Å². The normalized spacial score (nSPS) is 12.5. The predicted octanol–water partition coefficient (Wildman–Crippen LogP) is 5.14. The van der Waals surface area contributed by atoms with Crippen LogP contribution in [0.2, 0.25) is 0 Å². The highest BCUT2D eigenvalue weighted by atomic mass is 32.1. The van der Waals surface area contributed by atoms with Gasteiger partial charge in [0.1, 0.15) is 5.75 Å². The number of aryl methyl sites for hydroxylation is 2. The molecule has 1 heterocycles. The van der Waals surface area contributed by atoms with Crippen molar-refractivity contribution in [3.63, 3.8) is 0 Å². The lowest BCUT2D eigenvalue weighted by molar-refractivity contribution is -0.0498. The molecule has 0 bridgehead atoms. The molecule has 0 spiro atoms. The molecule has 20 heavy (non-hydrogen) atoms. The Morgan fingerprint density at radius 3 is 2.55 bits per heavy atom. The molecular formula is C15H17F2NOS. The summed E-state index contributed by atoms with van der Waals surface area (Å²) >= 11 is 1.76. The second-order valence-electron chi connectivity index (χ2n) is 4.64. The molecule has 0 saturated heterocycles. The van der Waals surface area contributed by atoms with Gasteiger partial charge in [0.25, 0.3) is 0 Å². The third kappa shape index (κ3) is 3.70. The Hall–Kier alpha value is -1.62. The highest BCUT2D eigenvalue weighted by Crippen LogP contribution is 2.29. The lowest BCUT2D eigenvalue weighted by Gasteiger charge is -2.16. The number of hydrogen-bond donors (Lipinski definition) is 1. The first-order valence-electron chi connectivity index (χ1n) is 6.34. The Balaban J connectivity index is 2.11. The molecule has 0 aliphatic rings. The van der Waals surface area contributed by atoms with E-state index in [-0.39, 0.29) is 11.8 Å². The van der Waals surface area contributed by atoms with Gasteiger partial charge < -0.3 is 10.1 Å². The summed E-state index contributed by atoms with van der Waals surface area (Å²) in [5.74, 6) is 0.162. The fourth-order valence-electron chi connectivity index (χ4n) is 2.17. The molecule has 0 aliphatic carbocycles. The molecule has 1 unspecified atom stereocenters. The quantitative estimate of drug-likeness (QED) is 0.825. The second-order valence-corrected chi connectivity index (χ2v) is 6.10. The minimum atomic E-state index is -2.80. The summed E-state index contributed by atoms with van der Waals surface area (Å²) in [4.78, 5) is 2.53. The Kier molecular flexibility index (Phi) is 4.60. The molecule has 1 aromatic carbocycles. The van der Waals surface area contributed by atoms with Crippen LogP contribution >= 0.6 is 11.3 Å². The van der Waals surface area contributed by atoms with Gasteiger partial charge in [-0.1, -0.05) is 6.07 Å². The van der Waals surface area contributed by atoms with Crippen LogP contribution in [-0.4, -0.2) is 6.61 Å². The zero-order valence-corrected chi connectivity index (χ0v) is 12.4. The molecule has 1 atom stereocenters. The van der Waals surface area contributed by atoms with Gasteiger partial charge in [0.15, 0.2) is 0 Å². The maximum Gasteiger partial charge on any atom is 0.387 e. The van der Waals surface area contributed by atoms with E-state index in [4.69, 9.17) is 0 Å². The van der Waals surface area contributed by atoms with Crippen molar-refractivity contribution in [3.05, 3.63) is 45.6 Å². The van der Waals surface area contributed by atoms with Crippen LogP contribution in [0.1, 0.15) is 28.3 Å². The molecule has 0 amide bonds. The van der Waals surface area contributed by atoms with Crippen LogP contribution in [0, 0.1) is 13.8 Å².